The molecule has 2 fully saturated rings. The number of anilines is 1. The number of benzene rings is 1. The van der Waals surface area contributed by atoms with Crippen LogP contribution in [0.1, 0.15) is 39.5 Å². The van der Waals surface area contributed by atoms with Gasteiger partial charge < -0.3 is 5.32 Å². The quantitative estimate of drug-likeness (QED) is 0.781. The van der Waals surface area contributed by atoms with Gasteiger partial charge in [0, 0.05) is 31.9 Å². The molecule has 6 nitrogen and oxygen atoms in total. The van der Waals surface area contributed by atoms with Gasteiger partial charge in [-0.25, -0.2) is 8.42 Å². The summed E-state index contributed by atoms with van der Waals surface area (Å²) in [5.74, 6) is 1.02. The zero-order valence-electron chi connectivity index (χ0n) is 16.7. The largest absolute Gasteiger partial charge is 0.325 e. The van der Waals surface area contributed by atoms with E-state index in [1.807, 2.05) is 0 Å². The van der Waals surface area contributed by atoms with E-state index in [1.165, 1.54) is 16.8 Å². The minimum absolute atomic E-state index is 0.0640. The SMILES string of the molecule is C[C@@H]1C[C@H](C)CN(CC(=O)Nc2ccc(Cl)c(S(=O)(=O)N3CCCCC3)c2)C1. The molecule has 2 heterocycles. The van der Waals surface area contributed by atoms with E-state index in [0.717, 1.165) is 32.4 Å². The van der Waals surface area contributed by atoms with Crippen molar-refractivity contribution in [3.05, 3.63) is 23.2 Å². The predicted molar refractivity (Wildman–Crippen MR) is 112 cm³/mol. The number of amides is 1. The van der Waals surface area contributed by atoms with Gasteiger partial charge in [0.1, 0.15) is 4.90 Å². The number of piperidine rings is 2. The van der Waals surface area contributed by atoms with Crippen LogP contribution in [0.4, 0.5) is 5.69 Å². The molecule has 2 saturated heterocycles. The van der Waals surface area contributed by atoms with E-state index in [2.05, 4.69) is 24.1 Å². The first kappa shape index (κ1) is 21.6. The second kappa shape index (κ2) is 9.11. The number of hydrogen-bond acceptors (Lipinski definition) is 4. The van der Waals surface area contributed by atoms with Gasteiger partial charge in [-0.1, -0.05) is 31.9 Å². The number of likely N-dealkylation sites (tertiary alicyclic amines) is 1. The van der Waals surface area contributed by atoms with Crippen LogP contribution in [0.5, 0.6) is 0 Å². The summed E-state index contributed by atoms with van der Waals surface area (Å²) >= 11 is 6.20. The number of sulfonamides is 1. The van der Waals surface area contributed by atoms with Gasteiger partial charge in [-0.15, -0.1) is 0 Å². The Morgan fingerprint density at radius 3 is 2.43 bits per heavy atom. The Morgan fingerprint density at radius 2 is 1.79 bits per heavy atom. The van der Waals surface area contributed by atoms with Crippen molar-refractivity contribution < 1.29 is 13.2 Å². The molecule has 0 unspecified atom stereocenters. The Bertz CT molecular complexity index is 799. The van der Waals surface area contributed by atoms with Crippen LogP contribution in [0.25, 0.3) is 0 Å². The van der Waals surface area contributed by atoms with Gasteiger partial charge in [0.15, 0.2) is 0 Å². The molecule has 1 aromatic rings. The summed E-state index contributed by atoms with van der Waals surface area (Å²) < 4.78 is 27.4. The van der Waals surface area contributed by atoms with Crippen LogP contribution >= 0.6 is 11.6 Å². The van der Waals surface area contributed by atoms with Crippen molar-refractivity contribution in [1.29, 1.82) is 0 Å². The lowest BCUT2D eigenvalue weighted by atomic mass is 9.92. The van der Waals surface area contributed by atoms with Gasteiger partial charge in [-0.2, -0.15) is 4.31 Å². The van der Waals surface area contributed by atoms with Crippen molar-refractivity contribution in [3.8, 4) is 0 Å². The summed E-state index contributed by atoms with van der Waals surface area (Å²) in [5, 5.41) is 3.02. The second-order valence-corrected chi connectivity index (χ2v) is 10.6. The fraction of sp³-hybridized carbons (Fsp3) is 0.650. The first-order valence-electron chi connectivity index (χ1n) is 10.1. The van der Waals surface area contributed by atoms with Gasteiger partial charge in [-0.3, -0.25) is 9.69 Å². The van der Waals surface area contributed by atoms with Crippen molar-refractivity contribution in [3.63, 3.8) is 0 Å². The number of nitrogens with zero attached hydrogens (tertiary/aromatic N) is 2. The summed E-state index contributed by atoms with van der Waals surface area (Å²) in [7, 11) is -3.65. The molecule has 1 N–H and O–H groups in total. The lowest BCUT2D eigenvalue weighted by molar-refractivity contribution is -0.117. The molecule has 28 heavy (non-hydrogen) atoms. The molecule has 1 amide bonds. The van der Waals surface area contributed by atoms with Gasteiger partial charge in [-0.05, 0) is 49.3 Å². The molecule has 2 aliphatic heterocycles. The molecule has 2 aliphatic rings. The number of rotatable bonds is 5. The molecule has 1 aromatic carbocycles. The van der Waals surface area contributed by atoms with Crippen LogP contribution < -0.4 is 5.32 Å². The van der Waals surface area contributed by atoms with Crippen LogP contribution in [0, 0.1) is 11.8 Å². The fourth-order valence-electron chi connectivity index (χ4n) is 4.35. The first-order chi connectivity index (χ1) is 13.3. The molecular formula is C20H30ClN3O3S. The van der Waals surface area contributed by atoms with E-state index in [0.29, 0.717) is 37.2 Å². The number of hydrogen-bond donors (Lipinski definition) is 1. The summed E-state index contributed by atoms with van der Waals surface area (Å²) in [6.07, 6.45) is 3.95. The highest BCUT2D eigenvalue weighted by molar-refractivity contribution is 7.89. The number of halogens is 1. The maximum atomic E-state index is 13.0. The highest BCUT2D eigenvalue weighted by Gasteiger charge is 2.28. The predicted octanol–water partition coefficient (Wildman–Crippen LogP) is 3.43. The normalized spacial score (nSPS) is 24.8. The highest BCUT2D eigenvalue weighted by atomic mass is 35.5. The van der Waals surface area contributed by atoms with Gasteiger partial charge >= 0.3 is 0 Å². The Hall–Kier alpha value is -1.15. The van der Waals surface area contributed by atoms with Crippen molar-refractivity contribution in [2.24, 2.45) is 11.8 Å². The standard InChI is InChI=1S/C20H30ClN3O3S/c1-15-10-16(2)13-23(12-15)14-20(25)22-17-6-7-18(21)19(11-17)28(26,27)24-8-4-3-5-9-24/h6-7,11,15-16H,3-5,8-10,12-14H2,1-2H3,(H,22,25)/t15-,16+. The molecule has 3 rings (SSSR count). The van der Waals surface area contributed by atoms with E-state index >= 15 is 0 Å². The Labute approximate surface area is 173 Å². The average molecular weight is 428 g/mol. The van der Waals surface area contributed by atoms with Gasteiger partial charge in [0.25, 0.3) is 0 Å². The van der Waals surface area contributed by atoms with E-state index < -0.39 is 10.0 Å². The summed E-state index contributed by atoms with van der Waals surface area (Å²) in [4.78, 5) is 14.7. The first-order valence-corrected chi connectivity index (χ1v) is 11.9. The van der Waals surface area contributed by atoms with Crippen LogP contribution in [0.2, 0.25) is 5.02 Å². The third-order valence-electron chi connectivity index (χ3n) is 5.46. The minimum atomic E-state index is -3.65. The van der Waals surface area contributed by atoms with Crippen molar-refractivity contribution in [2.45, 2.75) is 44.4 Å². The summed E-state index contributed by atoms with van der Waals surface area (Å²) in [6.45, 7) is 7.57. The molecule has 0 aromatic heterocycles. The fourth-order valence-corrected chi connectivity index (χ4v) is 6.37. The number of carbonyl (C=O) groups is 1. The average Bonchev–Trinajstić information content (AvgIpc) is 2.63. The monoisotopic (exact) mass is 427 g/mol. The lowest BCUT2D eigenvalue weighted by Crippen LogP contribution is -2.42. The molecule has 2 atom stereocenters. The van der Waals surface area contributed by atoms with E-state index in [4.69, 9.17) is 11.6 Å². The second-order valence-electron chi connectivity index (χ2n) is 8.30. The third-order valence-corrected chi connectivity index (χ3v) is 7.84. The maximum absolute atomic E-state index is 13.0. The van der Waals surface area contributed by atoms with Crippen LogP contribution in [0.15, 0.2) is 23.1 Å². The van der Waals surface area contributed by atoms with Crippen LogP contribution in [-0.4, -0.2) is 56.3 Å². The Balaban J connectivity index is 1.69. The van der Waals surface area contributed by atoms with Crippen LogP contribution in [0.3, 0.4) is 0 Å². The molecular weight excluding hydrogens is 398 g/mol. The van der Waals surface area contributed by atoms with Crippen LogP contribution in [-0.2, 0) is 14.8 Å². The minimum Gasteiger partial charge on any atom is -0.325 e. The van der Waals surface area contributed by atoms with Gasteiger partial charge in [0.2, 0.25) is 15.9 Å². The zero-order chi connectivity index (χ0) is 20.3. The third kappa shape index (κ3) is 5.26. The molecule has 0 aliphatic carbocycles. The molecule has 0 spiro atoms. The van der Waals surface area contributed by atoms with Crippen molar-refractivity contribution >= 4 is 33.2 Å². The Kier molecular flexibility index (Phi) is 7.02. The molecule has 0 bridgehead atoms. The number of carbonyl (C=O) groups excluding carboxylic acids is 1. The maximum Gasteiger partial charge on any atom is 0.244 e. The van der Waals surface area contributed by atoms with Crippen molar-refractivity contribution in [2.75, 3.05) is 38.0 Å². The zero-order valence-corrected chi connectivity index (χ0v) is 18.2. The molecule has 0 radical (unpaired) electrons. The Morgan fingerprint density at radius 1 is 1.14 bits per heavy atom. The van der Waals surface area contributed by atoms with Gasteiger partial charge in [0.05, 0.1) is 11.6 Å². The summed E-state index contributed by atoms with van der Waals surface area (Å²) in [6, 6.07) is 4.67. The van der Waals surface area contributed by atoms with E-state index in [-0.39, 0.29) is 15.8 Å². The smallest absolute Gasteiger partial charge is 0.244 e. The number of nitrogens with one attached hydrogen (secondary N) is 1. The molecule has 8 heteroatoms. The van der Waals surface area contributed by atoms with E-state index in [1.54, 1.807) is 12.1 Å². The molecule has 0 saturated carbocycles. The van der Waals surface area contributed by atoms with E-state index in [9.17, 15) is 13.2 Å². The topological polar surface area (TPSA) is 69.7 Å². The lowest BCUT2D eigenvalue weighted by Gasteiger charge is -2.34. The molecule has 156 valence electrons. The highest BCUT2D eigenvalue weighted by Crippen LogP contribution is 2.29. The summed E-state index contributed by atoms with van der Waals surface area (Å²) in [5.41, 5.74) is 0.461. The van der Waals surface area contributed by atoms with Crippen molar-refractivity contribution in [1.82, 2.24) is 9.21 Å².